The van der Waals surface area contributed by atoms with Crippen molar-refractivity contribution >= 4 is 23.8 Å². The van der Waals surface area contributed by atoms with Crippen molar-refractivity contribution in [2.24, 2.45) is 9.98 Å². The van der Waals surface area contributed by atoms with E-state index in [9.17, 15) is 0 Å². The predicted octanol–water partition coefficient (Wildman–Crippen LogP) is 8.35. The second kappa shape index (κ2) is 12.3. The number of hydrogen-bond donors (Lipinski definition) is 0. The van der Waals surface area contributed by atoms with Crippen LogP contribution >= 0.6 is 0 Å². The molecule has 0 bridgehead atoms. The van der Waals surface area contributed by atoms with E-state index in [0.717, 1.165) is 51.1 Å². The Balaban J connectivity index is 1.51. The van der Waals surface area contributed by atoms with Gasteiger partial charge in [0.15, 0.2) is 0 Å². The Morgan fingerprint density at radius 3 is 1.60 bits per heavy atom. The molecule has 40 heavy (non-hydrogen) atoms. The third-order valence-corrected chi connectivity index (χ3v) is 6.48. The van der Waals surface area contributed by atoms with Crippen molar-refractivity contribution in [3.05, 3.63) is 120 Å². The van der Waals surface area contributed by atoms with Crippen molar-refractivity contribution < 1.29 is 0 Å². The van der Waals surface area contributed by atoms with Gasteiger partial charge in [-0.15, -0.1) is 0 Å². The minimum absolute atomic E-state index is 0.207. The van der Waals surface area contributed by atoms with Crippen molar-refractivity contribution in [2.75, 3.05) is 0 Å². The Bertz CT molecular complexity index is 1640. The highest BCUT2D eigenvalue weighted by atomic mass is 14.8. The molecule has 198 valence electrons. The van der Waals surface area contributed by atoms with Gasteiger partial charge < -0.3 is 0 Å². The topological polar surface area (TPSA) is 76.3 Å². The van der Waals surface area contributed by atoms with Gasteiger partial charge in [0.25, 0.3) is 0 Å². The van der Waals surface area contributed by atoms with Crippen LogP contribution in [0.3, 0.4) is 0 Å². The number of nitrogens with zero attached hydrogens (tertiary/aromatic N) is 6. The summed E-state index contributed by atoms with van der Waals surface area (Å²) in [6, 6.07) is 27.6. The van der Waals surface area contributed by atoms with E-state index in [1.54, 1.807) is 12.4 Å². The fourth-order valence-corrected chi connectivity index (χ4v) is 4.53. The molecule has 0 N–H and O–H groups in total. The molecule has 0 radical (unpaired) electrons. The number of aromatic nitrogens is 4. The first-order valence-corrected chi connectivity index (χ1v) is 13.5. The maximum atomic E-state index is 5.02. The van der Waals surface area contributed by atoms with Crippen molar-refractivity contribution in [3.8, 4) is 22.8 Å². The van der Waals surface area contributed by atoms with Crippen LogP contribution in [-0.2, 0) is 0 Å². The Kier molecular flexibility index (Phi) is 8.26. The molecule has 6 heteroatoms. The normalized spacial score (nSPS) is 11.8. The van der Waals surface area contributed by atoms with Crippen LogP contribution in [0.2, 0.25) is 0 Å². The summed E-state index contributed by atoms with van der Waals surface area (Å²) in [5, 5.41) is 0. The Labute approximate surface area is 235 Å². The van der Waals surface area contributed by atoms with Crippen LogP contribution < -0.4 is 0 Å². The highest BCUT2D eigenvalue weighted by Crippen LogP contribution is 2.41. The van der Waals surface area contributed by atoms with Gasteiger partial charge in [-0.1, -0.05) is 58.0 Å². The number of benzene rings is 1. The Morgan fingerprint density at radius 1 is 0.550 bits per heavy atom. The molecule has 0 unspecified atom stereocenters. The van der Waals surface area contributed by atoms with E-state index in [-0.39, 0.29) is 5.92 Å². The molecule has 1 aromatic carbocycles. The van der Waals surface area contributed by atoms with Gasteiger partial charge in [-0.2, -0.15) is 0 Å². The lowest BCUT2D eigenvalue weighted by molar-refractivity contribution is 0.835. The van der Waals surface area contributed by atoms with E-state index in [0.29, 0.717) is 5.92 Å². The van der Waals surface area contributed by atoms with Crippen LogP contribution in [0.15, 0.2) is 107 Å². The molecule has 0 aliphatic rings. The largest absolute Gasteiger partial charge is 0.255 e. The molecule has 5 aromatic rings. The lowest BCUT2D eigenvalue weighted by Crippen LogP contribution is -1.98. The first-order chi connectivity index (χ1) is 19.5. The molecule has 0 atom stereocenters. The molecule has 4 aromatic heterocycles. The first kappa shape index (κ1) is 26.8. The number of aliphatic imine (C=N–C) groups is 2. The Hall–Kier alpha value is -4.84. The second-order valence-corrected chi connectivity index (χ2v) is 10.1. The minimum atomic E-state index is 0.207. The average molecular weight is 525 g/mol. The van der Waals surface area contributed by atoms with Crippen LogP contribution in [0.4, 0.5) is 11.4 Å². The molecule has 5 rings (SSSR count). The number of pyridine rings is 4. The van der Waals surface area contributed by atoms with Gasteiger partial charge in [-0.25, -0.2) is 9.97 Å². The summed E-state index contributed by atoms with van der Waals surface area (Å²) in [5.41, 5.74) is 8.94. The fraction of sp³-hybridized carbons (Fsp3) is 0.176. The van der Waals surface area contributed by atoms with E-state index >= 15 is 0 Å². The zero-order chi connectivity index (χ0) is 27.9. The summed E-state index contributed by atoms with van der Waals surface area (Å²) in [4.78, 5) is 28.3. The fourth-order valence-electron chi connectivity index (χ4n) is 4.53. The van der Waals surface area contributed by atoms with Crippen molar-refractivity contribution in [1.82, 2.24) is 19.9 Å². The summed E-state index contributed by atoms with van der Waals surface area (Å²) in [6.07, 6.45) is 7.20. The number of hydrogen-bond acceptors (Lipinski definition) is 6. The van der Waals surface area contributed by atoms with Gasteiger partial charge in [0.2, 0.25) is 0 Å². The lowest BCUT2D eigenvalue weighted by Gasteiger charge is -2.18. The third kappa shape index (κ3) is 6.24. The van der Waals surface area contributed by atoms with E-state index < -0.39 is 0 Å². The average Bonchev–Trinajstić information content (AvgIpc) is 2.99. The molecule has 0 saturated heterocycles. The maximum absolute atomic E-state index is 5.02. The summed E-state index contributed by atoms with van der Waals surface area (Å²) in [6.45, 7) is 8.73. The van der Waals surface area contributed by atoms with Crippen molar-refractivity contribution in [1.29, 1.82) is 0 Å². The first-order valence-electron chi connectivity index (χ1n) is 13.5. The quantitative estimate of drug-likeness (QED) is 0.191. The van der Waals surface area contributed by atoms with E-state index in [4.69, 9.17) is 20.0 Å². The molecule has 4 heterocycles. The third-order valence-electron chi connectivity index (χ3n) is 6.48. The molecular weight excluding hydrogens is 492 g/mol. The van der Waals surface area contributed by atoms with Gasteiger partial charge in [0.05, 0.1) is 58.0 Å². The summed E-state index contributed by atoms with van der Waals surface area (Å²) < 4.78 is 0. The summed E-state index contributed by atoms with van der Waals surface area (Å²) in [7, 11) is 0. The van der Waals surface area contributed by atoms with Crippen molar-refractivity contribution in [2.45, 2.75) is 39.5 Å². The zero-order valence-corrected chi connectivity index (χ0v) is 23.2. The Morgan fingerprint density at radius 2 is 1.10 bits per heavy atom. The lowest BCUT2D eigenvalue weighted by atomic mass is 9.91. The molecule has 0 amide bonds. The van der Waals surface area contributed by atoms with Gasteiger partial charge in [0, 0.05) is 18.0 Å². The van der Waals surface area contributed by atoms with Crippen LogP contribution in [0.1, 0.15) is 62.0 Å². The molecular formula is C34H32N6. The highest BCUT2D eigenvalue weighted by Gasteiger charge is 2.17. The van der Waals surface area contributed by atoms with Crippen LogP contribution in [0.5, 0.6) is 0 Å². The number of rotatable bonds is 8. The predicted molar refractivity (Wildman–Crippen MR) is 164 cm³/mol. The van der Waals surface area contributed by atoms with Crippen LogP contribution in [0.25, 0.3) is 22.8 Å². The molecule has 6 nitrogen and oxygen atoms in total. The second-order valence-electron chi connectivity index (χ2n) is 10.1. The SMILES string of the molecule is CC(C)c1ccc(N=Cc2cccc(-c3ccccn3)n2)c(C(C)C)c1N=Cc1cccc(-c2ccccn2)n1. The molecule has 0 spiro atoms. The van der Waals surface area contributed by atoms with Gasteiger partial charge in [0.1, 0.15) is 0 Å². The molecule has 0 aliphatic heterocycles. The molecule has 0 aliphatic carbocycles. The van der Waals surface area contributed by atoms with E-state index in [1.807, 2.05) is 85.2 Å². The molecule has 0 saturated carbocycles. The summed E-state index contributed by atoms with van der Waals surface area (Å²) in [5.74, 6) is 0.505. The zero-order valence-electron chi connectivity index (χ0n) is 23.2. The minimum Gasteiger partial charge on any atom is -0.255 e. The van der Waals surface area contributed by atoms with Gasteiger partial charge in [-0.3, -0.25) is 20.0 Å². The van der Waals surface area contributed by atoms with E-state index in [2.05, 4.69) is 49.8 Å². The maximum Gasteiger partial charge on any atom is 0.0894 e. The van der Waals surface area contributed by atoms with Crippen molar-refractivity contribution in [3.63, 3.8) is 0 Å². The summed E-state index contributed by atoms with van der Waals surface area (Å²) >= 11 is 0. The highest BCUT2D eigenvalue weighted by molar-refractivity contribution is 5.85. The van der Waals surface area contributed by atoms with Gasteiger partial charge >= 0.3 is 0 Å². The standard InChI is InChI=1S/C34H32N6/c1-23(2)27-17-18-32(37-21-25-11-9-15-30(39-25)28-13-5-7-19-35-28)33(24(3)4)34(27)38-22-26-12-10-16-31(40-26)29-14-6-8-20-36-29/h5-24H,1-4H3. The van der Waals surface area contributed by atoms with E-state index in [1.165, 1.54) is 5.56 Å². The van der Waals surface area contributed by atoms with Crippen LogP contribution in [-0.4, -0.2) is 32.4 Å². The monoisotopic (exact) mass is 524 g/mol. The smallest absolute Gasteiger partial charge is 0.0894 e. The van der Waals surface area contributed by atoms with Crippen LogP contribution in [0, 0.1) is 0 Å². The molecule has 0 fully saturated rings. The van der Waals surface area contributed by atoms with Gasteiger partial charge in [-0.05, 0) is 72.0 Å².